The molecule has 3 N–H and O–H groups in total. The highest BCUT2D eigenvalue weighted by Gasteiger charge is 2.25. The topological polar surface area (TPSA) is 87.1 Å². The number of benzene rings is 2. The van der Waals surface area contributed by atoms with Gasteiger partial charge in [0.1, 0.15) is 6.04 Å². The van der Waals surface area contributed by atoms with Crippen LogP contribution in [0.15, 0.2) is 60.9 Å². The lowest BCUT2D eigenvalue weighted by Gasteiger charge is -2.18. The van der Waals surface area contributed by atoms with Crippen LogP contribution in [0.4, 0.5) is 0 Å². The van der Waals surface area contributed by atoms with Gasteiger partial charge in [0.25, 0.3) is 0 Å². The fourth-order valence-electron chi connectivity index (χ4n) is 4.05. The minimum Gasteiger partial charge on any atom is -0.480 e. The van der Waals surface area contributed by atoms with Crippen LogP contribution >= 0.6 is 0 Å². The first-order valence-corrected chi connectivity index (χ1v) is 10.0. The molecule has 0 fully saturated rings. The zero-order chi connectivity index (χ0) is 21.3. The Morgan fingerprint density at radius 3 is 2.50 bits per heavy atom. The second-order valence-corrected chi connectivity index (χ2v) is 7.85. The maximum Gasteiger partial charge on any atom is 0.326 e. The average Bonchev–Trinajstić information content (AvgIpc) is 3.29. The fourth-order valence-corrected chi connectivity index (χ4v) is 4.05. The highest BCUT2D eigenvalue weighted by atomic mass is 16.4. The summed E-state index contributed by atoms with van der Waals surface area (Å²) in [7, 11) is 1.93. The Hall–Kier alpha value is -3.54. The number of aliphatic carboxylic acids is 1. The molecule has 154 valence electrons. The Morgan fingerprint density at radius 1 is 1.03 bits per heavy atom. The third-order valence-corrected chi connectivity index (χ3v) is 5.67. The summed E-state index contributed by atoms with van der Waals surface area (Å²) < 4.78 is 1.98. The van der Waals surface area contributed by atoms with Crippen molar-refractivity contribution >= 4 is 33.7 Å². The van der Waals surface area contributed by atoms with Gasteiger partial charge >= 0.3 is 5.97 Å². The maximum atomic E-state index is 12.8. The molecule has 2 atom stereocenters. The normalized spacial score (nSPS) is 13.4. The van der Waals surface area contributed by atoms with Gasteiger partial charge in [-0.05, 0) is 29.7 Å². The third-order valence-electron chi connectivity index (χ3n) is 5.67. The average molecular weight is 403 g/mol. The number of aromatic nitrogens is 2. The molecule has 30 heavy (non-hydrogen) atoms. The molecular formula is C24H25N3O3. The number of hydrogen-bond donors (Lipinski definition) is 3. The fraction of sp³-hybridized carbons (Fsp3) is 0.250. The van der Waals surface area contributed by atoms with Gasteiger partial charge in [-0.15, -0.1) is 0 Å². The summed E-state index contributed by atoms with van der Waals surface area (Å²) in [6.45, 7) is 1.83. The molecule has 0 aliphatic rings. The van der Waals surface area contributed by atoms with E-state index in [1.807, 2.05) is 79.5 Å². The Bertz CT molecular complexity index is 1220. The number of hydrogen-bond acceptors (Lipinski definition) is 2. The highest BCUT2D eigenvalue weighted by Crippen LogP contribution is 2.23. The van der Waals surface area contributed by atoms with Crippen LogP contribution in [0.3, 0.4) is 0 Å². The number of fused-ring (bicyclic) bond motifs is 2. The van der Waals surface area contributed by atoms with E-state index in [0.29, 0.717) is 6.42 Å². The molecule has 0 unspecified atom stereocenters. The highest BCUT2D eigenvalue weighted by molar-refractivity contribution is 5.88. The van der Waals surface area contributed by atoms with Crippen LogP contribution in [0, 0.1) is 5.92 Å². The molecule has 0 spiro atoms. The molecule has 0 aliphatic carbocycles. The third kappa shape index (κ3) is 3.81. The number of para-hydroxylation sites is 2. The van der Waals surface area contributed by atoms with Crippen molar-refractivity contribution in [1.29, 1.82) is 0 Å². The van der Waals surface area contributed by atoms with Gasteiger partial charge in [-0.2, -0.15) is 0 Å². The summed E-state index contributed by atoms with van der Waals surface area (Å²) in [5.41, 5.74) is 4.02. The van der Waals surface area contributed by atoms with E-state index in [9.17, 15) is 14.7 Å². The maximum absolute atomic E-state index is 12.8. The van der Waals surface area contributed by atoms with Crippen LogP contribution in [0.5, 0.6) is 0 Å². The lowest BCUT2D eigenvalue weighted by molar-refractivity contribution is -0.142. The van der Waals surface area contributed by atoms with Crippen molar-refractivity contribution in [3.8, 4) is 0 Å². The Morgan fingerprint density at radius 2 is 1.73 bits per heavy atom. The van der Waals surface area contributed by atoms with Crippen molar-refractivity contribution in [2.24, 2.45) is 13.0 Å². The molecule has 0 saturated heterocycles. The predicted octanol–water partition coefficient (Wildman–Crippen LogP) is 3.65. The SMILES string of the molecule is C[C@H](Cc1c[nH]c2ccccc12)C(=O)N[C@H](Cc1cn(C)c2ccccc12)C(=O)O. The standard InChI is InChI=1S/C24H25N3O3/c1-15(11-16-13-25-20-9-5-3-7-18(16)20)23(28)26-21(24(29)30)12-17-14-27(2)22-10-6-4-8-19(17)22/h3-10,13-15,21,25H,11-12H2,1-2H3,(H,26,28)(H,29,30)/t15-,21-/m1/s1. The Kier molecular flexibility index (Phi) is 5.31. The molecular weight excluding hydrogens is 378 g/mol. The van der Waals surface area contributed by atoms with Crippen LogP contribution in [-0.2, 0) is 29.5 Å². The number of nitrogens with zero attached hydrogens (tertiary/aromatic N) is 1. The quantitative estimate of drug-likeness (QED) is 0.440. The van der Waals surface area contributed by atoms with Crippen LogP contribution < -0.4 is 5.32 Å². The number of nitrogens with one attached hydrogen (secondary N) is 2. The van der Waals surface area contributed by atoms with Gasteiger partial charge in [0.2, 0.25) is 5.91 Å². The van der Waals surface area contributed by atoms with Gasteiger partial charge < -0.3 is 20.0 Å². The van der Waals surface area contributed by atoms with Crippen LogP contribution in [0.25, 0.3) is 21.8 Å². The molecule has 4 rings (SSSR count). The molecule has 0 aliphatic heterocycles. The van der Waals surface area contributed by atoms with Crippen molar-refractivity contribution in [3.63, 3.8) is 0 Å². The van der Waals surface area contributed by atoms with Crippen molar-refractivity contribution in [1.82, 2.24) is 14.9 Å². The summed E-state index contributed by atoms with van der Waals surface area (Å²) in [6.07, 6.45) is 4.63. The molecule has 0 saturated carbocycles. The summed E-state index contributed by atoms with van der Waals surface area (Å²) >= 11 is 0. The van der Waals surface area contributed by atoms with E-state index in [1.54, 1.807) is 0 Å². The second kappa shape index (κ2) is 8.06. The molecule has 0 bridgehead atoms. The lowest BCUT2D eigenvalue weighted by Crippen LogP contribution is -2.44. The van der Waals surface area contributed by atoms with Gasteiger partial charge in [0, 0.05) is 53.6 Å². The first-order valence-electron chi connectivity index (χ1n) is 10.0. The van der Waals surface area contributed by atoms with Crippen LogP contribution in [0.2, 0.25) is 0 Å². The number of amides is 1. The van der Waals surface area contributed by atoms with E-state index < -0.39 is 12.0 Å². The number of aromatic amines is 1. The molecule has 2 aromatic heterocycles. The second-order valence-electron chi connectivity index (χ2n) is 7.85. The van der Waals surface area contributed by atoms with Crippen molar-refractivity contribution in [2.75, 3.05) is 0 Å². The number of carbonyl (C=O) groups excluding carboxylic acids is 1. The zero-order valence-electron chi connectivity index (χ0n) is 17.1. The van der Waals surface area contributed by atoms with E-state index in [1.165, 1.54) is 0 Å². The molecule has 6 nitrogen and oxygen atoms in total. The van der Waals surface area contributed by atoms with Crippen molar-refractivity contribution in [3.05, 3.63) is 72.1 Å². The van der Waals surface area contributed by atoms with Gasteiger partial charge in [0.05, 0.1) is 0 Å². The van der Waals surface area contributed by atoms with Gasteiger partial charge in [-0.1, -0.05) is 43.3 Å². The molecule has 2 heterocycles. The minimum absolute atomic E-state index is 0.238. The molecule has 6 heteroatoms. The summed E-state index contributed by atoms with van der Waals surface area (Å²) in [6, 6.07) is 14.8. The smallest absolute Gasteiger partial charge is 0.326 e. The number of carboxylic acid groups (broad SMARTS) is 1. The Balaban J connectivity index is 1.48. The number of carbonyl (C=O) groups is 2. The van der Waals surface area contributed by atoms with E-state index in [2.05, 4.69) is 10.3 Å². The Labute approximate surface area is 174 Å². The first kappa shape index (κ1) is 19.8. The van der Waals surface area contributed by atoms with E-state index in [4.69, 9.17) is 0 Å². The van der Waals surface area contributed by atoms with Crippen molar-refractivity contribution < 1.29 is 14.7 Å². The van der Waals surface area contributed by atoms with E-state index >= 15 is 0 Å². The molecule has 4 aromatic rings. The summed E-state index contributed by atoms with van der Waals surface area (Å²) in [5.74, 6) is -1.64. The molecule has 2 aromatic carbocycles. The lowest BCUT2D eigenvalue weighted by atomic mass is 9.98. The predicted molar refractivity (Wildman–Crippen MR) is 117 cm³/mol. The van der Waals surface area contributed by atoms with Gasteiger partial charge in [-0.3, -0.25) is 4.79 Å². The summed E-state index contributed by atoms with van der Waals surface area (Å²) in [4.78, 5) is 27.9. The van der Waals surface area contributed by atoms with Crippen LogP contribution in [-0.4, -0.2) is 32.6 Å². The number of carboxylic acids is 1. The van der Waals surface area contributed by atoms with Crippen LogP contribution in [0.1, 0.15) is 18.1 Å². The van der Waals surface area contributed by atoms with Gasteiger partial charge in [-0.25, -0.2) is 4.79 Å². The molecule has 0 radical (unpaired) electrons. The summed E-state index contributed by atoms with van der Waals surface area (Å²) in [5, 5.41) is 14.5. The van der Waals surface area contributed by atoms with Gasteiger partial charge in [0.15, 0.2) is 0 Å². The zero-order valence-corrected chi connectivity index (χ0v) is 17.1. The molecule has 1 amide bonds. The largest absolute Gasteiger partial charge is 0.480 e. The van der Waals surface area contributed by atoms with E-state index in [-0.39, 0.29) is 18.2 Å². The first-order chi connectivity index (χ1) is 14.4. The monoisotopic (exact) mass is 403 g/mol. The number of H-pyrrole nitrogens is 1. The number of aryl methyl sites for hydroxylation is 1. The minimum atomic E-state index is -1.03. The van der Waals surface area contributed by atoms with Crippen molar-refractivity contribution in [2.45, 2.75) is 25.8 Å². The number of rotatable bonds is 7. The van der Waals surface area contributed by atoms with E-state index in [0.717, 1.165) is 32.9 Å².